The van der Waals surface area contributed by atoms with E-state index >= 15 is 0 Å². The van der Waals surface area contributed by atoms with Crippen LogP contribution in [0.3, 0.4) is 0 Å². The molecule has 2 heterocycles. The predicted octanol–water partition coefficient (Wildman–Crippen LogP) is 1.83. The van der Waals surface area contributed by atoms with Crippen LogP contribution in [0.15, 0.2) is 23.2 Å². The summed E-state index contributed by atoms with van der Waals surface area (Å²) in [5.41, 5.74) is 0. The minimum atomic E-state index is -0.0833. The van der Waals surface area contributed by atoms with Crippen LogP contribution in [0.5, 0.6) is 0 Å². The minimum absolute atomic E-state index is 0.0833. The Balaban J connectivity index is 2.34. The third kappa shape index (κ3) is 1.28. The fraction of sp³-hybridized carbons (Fsp3) is 0. The summed E-state index contributed by atoms with van der Waals surface area (Å²) in [6.07, 6.45) is 3.23. The van der Waals surface area contributed by atoms with E-state index in [1.165, 1.54) is 22.7 Å². The second-order valence-electron chi connectivity index (χ2n) is 2.00. The number of hydrogen-bond acceptors (Lipinski definition) is 5. The van der Waals surface area contributed by atoms with Crippen molar-refractivity contribution in [3.63, 3.8) is 0 Å². The van der Waals surface area contributed by atoms with Gasteiger partial charge in [-0.15, -0.1) is 22.7 Å². The average Bonchev–Trinajstić information content (AvgIpc) is 2.77. The summed E-state index contributed by atoms with van der Waals surface area (Å²) in [6, 6.07) is 0. The molecule has 12 heavy (non-hydrogen) atoms. The molecule has 0 aliphatic heterocycles. The van der Waals surface area contributed by atoms with Gasteiger partial charge in [-0.25, -0.2) is 9.97 Å². The maximum Gasteiger partial charge on any atom is 0.250 e. The first-order valence-corrected chi connectivity index (χ1v) is 4.97. The quantitative estimate of drug-likeness (QED) is 0.688. The molecule has 0 spiro atoms. The number of hydrogen-bond donors (Lipinski definition) is 0. The summed E-state index contributed by atoms with van der Waals surface area (Å²) in [6.45, 7) is 0. The van der Waals surface area contributed by atoms with Crippen LogP contribution >= 0.6 is 22.7 Å². The van der Waals surface area contributed by atoms with Crippen molar-refractivity contribution in [1.29, 1.82) is 0 Å². The van der Waals surface area contributed by atoms with Crippen molar-refractivity contribution in [2.45, 2.75) is 0 Å². The number of carbonyl (C=O) groups is 1. The van der Waals surface area contributed by atoms with E-state index in [1.54, 1.807) is 23.2 Å². The molecule has 2 aromatic rings. The van der Waals surface area contributed by atoms with Crippen LogP contribution in [0, 0.1) is 0 Å². The van der Waals surface area contributed by atoms with Crippen LogP contribution in [0.4, 0.5) is 0 Å². The van der Waals surface area contributed by atoms with Crippen LogP contribution < -0.4 is 0 Å². The molecule has 0 N–H and O–H groups in total. The Hall–Kier alpha value is -1.07. The second-order valence-corrected chi connectivity index (χ2v) is 3.79. The Labute approximate surface area is 76.7 Å². The summed E-state index contributed by atoms with van der Waals surface area (Å²) in [4.78, 5) is 19.3. The second kappa shape index (κ2) is 3.12. The van der Waals surface area contributed by atoms with Gasteiger partial charge in [-0.3, -0.25) is 4.79 Å². The van der Waals surface area contributed by atoms with E-state index in [0.29, 0.717) is 10.0 Å². The molecule has 0 aliphatic carbocycles. The maximum absolute atomic E-state index is 11.5. The number of aromatic nitrogens is 2. The highest BCUT2D eigenvalue weighted by atomic mass is 32.1. The summed E-state index contributed by atoms with van der Waals surface area (Å²) in [5, 5.41) is 4.57. The van der Waals surface area contributed by atoms with Gasteiger partial charge in [-0.1, -0.05) is 0 Å². The zero-order chi connectivity index (χ0) is 8.39. The van der Waals surface area contributed by atoms with E-state index in [0.717, 1.165) is 0 Å². The molecule has 0 unspecified atom stereocenters. The highest BCUT2D eigenvalue weighted by molar-refractivity contribution is 7.15. The Morgan fingerprint density at radius 2 is 1.58 bits per heavy atom. The summed E-state index contributed by atoms with van der Waals surface area (Å²) in [7, 11) is 0. The average molecular weight is 196 g/mol. The van der Waals surface area contributed by atoms with Gasteiger partial charge in [0.1, 0.15) is 0 Å². The van der Waals surface area contributed by atoms with E-state index in [-0.39, 0.29) is 5.78 Å². The standard InChI is InChI=1S/C7H4N2OS2/c10-5(6-8-1-3-11-6)7-9-2-4-12-7/h1-4H. The lowest BCUT2D eigenvalue weighted by Crippen LogP contribution is -1.98. The number of thiazole rings is 2. The van der Waals surface area contributed by atoms with Gasteiger partial charge < -0.3 is 0 Å². The molecule has 0 amide bonds. The van der Waals surface area contributed by atoms with Gasteiger partial charge in [0.15, 0.2) is 10.0 Å². The summed E-state index contributed by atoms with van der Waals surface area (Å²) >= 11 is 2.67. The SMILES string of the molecule is O=C(c1nccs1)c1nccs1. The molecular weight excluding hydrogens is 192 g/mol. The Kier molecular flexibility index (Phi) is 1.97. The number of nitrogens with zero attached hydrogens (tertiary/aromatic N) is 2. The molecule has 2 rings (SSSR count). The molecule has 0 atom stereocenters. The first kappa shape index (κ1) is 7.57. The third-order valence-electron chi connectivity index (χ3n) is 1.25. The predicted molar refractivity (Wildman–Crippen MR) is 47.7 cm³/mol. The van der Waals surface area contributed by atoms with Gasteiger partial charge in [0, 0.05) is 23.2 Å². The van der Waals surface area contributed by atoms with Crippen molar-refractivity contribution < 1.29 is 4.79 Å². The molecular formula is C7H4N2OS2. The maximum atomic E-state index is 11.5. The molecule has 0 bridgehead atoms. The molecule has 0 fully saturated rings. The topological polar surface area (TPSA) is 42.9 Å². The number of rotatable bonds is 2. The third-order valence-corrected chi connectivity index (χ3v) is 2.80. The Morgan fingerprint density at radius 1 is 1.08 bits per heavy atom. The van der Waals surface area contributed by atoms with Crippen molar-refractivity contribution in [2.24, 2.45) is 0 Å². The van der Waals surface area contributed by atoms with Gasteiger partial charge >= 0.3 is 0 Å². The number of ketones is 1. The van der Waals surface area contributed by atoms with Crippen LogP contribution in [0.1, 0.15) is 14.8 Å². The lowest BCUT2D eigenvalue weighted by Gasteiger charge is -1.87. The minimum Gasteiger partial charge on any atom is -0.283 e. The van der Waals surface area contributed by atoms with Crippen LogP contribution in [0.25, 0.3) is 0 Å². The first-order chi connectivity index (χ1) is 5.88. The molecule has 3 nitrogen and oxygen atoms in total. The van der Waals surface area contributed by atoms with E-state index < -0.39 is 0 Å². The Bertz CT molecular complexity index is 330. The van der Waals surface area contributed by atoms with Gasteiger partial charge in [0.2, 0.25) is 5.78 Å². The van der Waals surface area contributed by atoms with E-state index in [4.69, 9.17) is 0 Å². The van der Waals surface area contributed by atoms with Gasteiger partial charge in [-0.05, 0) is 0 Å². The number of carbonyl (C=O) groups excluding carboxylic acids is 1. The smallest absolute Gasteiger partial charge is 0.250 e. The van der Waals surface area contributed by atoms with E-state index in [1.807, 2.05) is 0 Å². The molecule has 0 saturated carbocycles. The van der Waals surface area contributed by atoms with Crippen molar-refractivity contribution in [2.75, 3.05) is 0 Å². The largest absolute Gasteiger partial charge is 0.283 e. The van der Waals surface area contributed by atoms with Crippen molar-refractivity contribution >= 4 is 28.5 Å². The highest BCUT2D eigenvalue weighted by Crippen LogP contribution is 2.13. The molecule has 2 aromatic heterocycles. The van der Waals surface area contributed by atoms with Crippen molar-refractivity contribution in [3.8, 4) is 0 Å². The van der Waals surface area contributed by atoms with E-state index in [9.17, 15) is 4.79 Å². The fourth-order valence-corrected chi connectivity index (χ4v) is 1.98. The van der Waals surface area contributed by atoms with Crippen LogP contribution in [-0.2, 0) is 0 Å². The normalized spacial score (nSPS) is 10.0. The molecule has 0 radical (unpaired) electrons. The van der Waals surface area contributed by atoms with Crippen LogP contribution in [0.2, 0.25) is 0 Å². The van der Waals surface area contributed by atoms with Gasteiger partial charge in [0.25, 0.3) is 0 Å². The van der Waals surface area contributed by atoms with Gasteiger partial charge in [0.05, 0.1) is 0 Å². The first-order valence-electron chi connectivity index (χ1n) is 3.21. The van der Waals surface area contributed by atoms with Crippen LogP contribution in [-0.4, -0.2) is 15.8 Å². The molecule has 0 saturated heterocycles. The molecule has 0 aliphatic rings. The van der Waals surface area contributed by atoms with Gasteiger partial charge in [-0.2, -0.15) is 0 Å². The van der Waals surface area contributed by atoms with Crippen molar-refractivity contribution in [1.82, 2.24) is 9.97 Å². The lowest BCUT2D eigenvalue weighted by atomic mass is 10.4. The fourth-order valence-electron chi connectivity index (χ4n) is 0.763. The van der Waals surface area contributed by atoms with Crippen molar-refractivity contribution in [3.05, 3.63) is 33.2 Å². The summed E-state index contributed by atoms with van der Waals surface area (Å²) in [5.74, 6) is -0.0833. The molecule has 0 aromatic carbocycles. The zero-order valence-electron chi connectivity index (χ0n) is 5.93. The highest BCUT2D eigenvalue weighted by Gasteiger charge is 2.13. The monoisotopic (exact) mass is 196 g/mol. The zero-order valence-corrected chi connectivity index (χ0v) is 7.56. The molecule has 5 heteroatoms. The Morgan fingerprint density at radius 3 is 1.92 bits per heavy atom. The lowest BCUT2D eigenvalue weighted by molar-refractivity contribution is 0.103. The molecule has 60 valence electrons. The summed E-state index contributed by atoms with van der Waals surface area (Å²) < 4.78 is 0. The van der Waals surface area contributed by atoms with E-state index in [2.05, 4.69) is 9.97 Å².